The van der Waals surface area contributed by atoms with Crippen LogP contribution in [0.4, 0.5) is 0 Å². The molecule has 1 N–H and O–H groups in total. The molecule has 0 atom stereocenters. The predicted molar refractivity (Wildman–Crippen MR) is 76.1 cm³/mol. The number of hydrogen-bond acceptors (Lipinski definition) is 3. The molecule has 4 nitrogen and oxygen atoms in total. The zero-order valence-electron chi connectivity index (χ0n) is 10.6. The first kappa shape index (κ1) is 11.1. The number of benzene rings is 2. The van der Waals surface area contributed by atoms with Crippen molar-refractivity contribution in [3.8, 4) is 22.6 Å². The first-order valence-electron chi connectivity index (χ1n) is 6.33. The van der Waals surface area contributed by atoms with Crippen LogP contribution in [0.25, 0.3) is 22.0 Å². The lowest BCUT2D eigenvalue weighted by molar-refractivity contribution is 0.174. The van der Waals surface area contributed by atoms with Crippen molar-refractivity contribution in [1.82, 2.24) is 4.98 Å². The quantitative estimate of drug-likeness (QED) is 0.736. The summed E-state index contributed by atoms with van der Waals surface area (Å²) >= 11 is 0. The van der Waals surface area contributed by atoms with Crippen molar-refractivity contribution in [2.75, 3.05) is 6.79 Å². The first-order valence-corrected chi connectivity index (χ1v) is 6.33. The van der Waals surface area contributed by atoms with Crippen LogP contribution in [-0.2, 0) is 0 Å². The van der Waals surface area contributed by atoms with Crippen LogP contribution in [-0.4, -0.2) is 11.8 Å². The number of fused-ring (bicyclic) bond motifs is 2. The molecule has 0 spiro atoms. The van der Waals surface area contributed by atoms with E-state index in [9.17, 15) is 4.79 Å². The maximum Gasteiger partial charge on any atom is 0.256 e. The molecule has 4 heteroatoms. The third-order valence-corrected chi connectivity index (χ3v) is 3.42. The van der Waals surface area contributed by atoms with Crippen LogP contribution in [0.15, 0.2) is 53.3 Å². The van der Waals surface area contributed by atoms with Gasteiger partial charge in [-0.3, -0.25) is 4.79 Å². The SMILES string of the molecule is O=c1[nH]c2cc3c(cc2cc1-c1ccccc1)OCO3. The second-order valence-corrected chi connectivity index (χ2v) is 4.67. The second-order valence-electron chi connectivity index (χ2n) is 4.67. The minimum Gasteiger partial charge on any atom is -0.454 e. The highest BCUT2D eigenvalue weighted by Gasteiger charge is 2.15. The molecule has 1 aliphatic rings. The molecule has 1 aromatic heterocycles. The molecule has 2 aromatic carbocycles. The standard InChI is InChI=1S/C16H11NO3/c18-16-12(10-4-2-1-3-5-10)6-11-7-14-15(20-9-19-14)8-13(11)17-16/h1-8H,9H2,(H,17,18). The normalized spacial score (nSPS) is 12.8. The summed E-state index contributed by atoms with van der Waals surface area (Å²) in [5.41, 5.74) is 2.19. The predicted octanol–water partition coefficient (Wildman–Crippen LogP) is 2.92. The Kier molecular flexibility index (Phi) is 2.29. The Balaban J connectivity index is 1.98. The van der Waals surface area contributed by atoms with Crippen molar-refractivity contribution in [3.63, 3.8) is 0 Å². The van der Waals surface area contributed by atoms with Crippen LogP contribution in [0.5, 0.6) is 11.5 Å². The van der Waals surface area contributed by atoms with Gasteiger partial charge in [0.25, 0.3) is 5.56 Å². The number of aromatic nitrogens is 1. The molecule has 0 amide bonds. The monoisotopic (exact) mass is 265 g/mol. The number of aromatic amines is 1. The van der Waals surface area contributed by atoms with Crippen LogP contribution in [0.3, 0.4) is 0 Å². The molecule has 2 heterocycles. The number of rotatable bonds is 1. The highest BCUT2D eigenvalue weighted by molar-refractivity contribution is 5.86. The third-order valence-electron chi connectivity index (χ3n) is 3.42. The molecule has 0 unspecified atom stereocenters. The second kappa shape index (κ2) is 4.13. The molecular formula is C16H11NO3. The van der Waals surface area contributed by atoms with E-state index in [1.807, 2.05) is 42.5 Å². The van der Waals surface area contributed by atoms with E-state index in [1.165, 1.54) is 0 Å². The van der Waals surface area contributed by atoms with Gasteiger partial charge in [0.05, 0.1) is 5.52 Å². The molecule has 0 saturated carbocycles. The molecule has 0 bridgehead atoms. The lowest BCUT2D eigenvalue weighted by Gasteiger charge is -2.05. The Morgan fingerprint density at radius 2 is 1.70 bits per heavy atom. The Morgan fingerprint density at radius 1 is 0.950 bits per heavy atom. The van der Waals surface area contributed by atoms with Gasteiger partial charge in [-0.25, -0.2) is 0 Å². The van der Waals surface area contributed by atoms with E-state index in [0.717, 1.165) is 16.5 Å². The molecule has 0 fully saturated rings. The summed E-state index contributed by atoms with van der Waals surface area (Å²) in [5, 5.41) is 0.924. The summed E-state index contributed by atoms with van der Waals surface area (Å²) in [4.78, 5) is 15.1. The van der Waals surface area contributed by atoms with E-state index in [0.29, 0.717) is 17.1 Å². The maximum atomic E-state index is 12.2. The minimum absolute atomic E-state index is 0.109. The lowest BCUT2D eigenvalue weighted by Crippen LogP contribution is -2.08. The molecule has 1 aliphatic heterocycles. The molecule has 98 valence electrons. The lowest BCUT2D eigenvalue weighted by atomic mass is 10.0. The number of nitrogens with one attached hydrogen (secondary N) is 1. The summed E-state index contributed by atoms with van der Waals surface area (Å²) in [6.07, 6.45) is 0. The number of ether oxygens (including phenoxy) is 2. The van der Waals surface area contributed by atoms with Crippen LogP contribution >= 0.6 is 0 Å². The number of H-pyrrole nitrogens is 1. The van der Waals surface area contributed by atoms with Crippen molar-refractivity contribution >= 4 is 10.9 Å². The van der Waals surface area contributed by atoms with E-state index in [1.54, 1.807) is 6.07 Å². The summed E-state index contributed by atoms with van der Waals surface area (Å²) in [7, 11) is 0. The highest BCUT2D eigenvalue weighted by Crippen LogP contribution is 2.35. The molecule has 20 heavy (non-hydrogen) atoms. The number of hydrogen-bond donors (Lipinski definition) is 1. The van der Waals surface area contributed by atoms with Crippen LogP contribution in [0.1, 0.15) is 0 Å². The van der Waals surface area contributed by atoms with Crippen LogP contribution in [0.2, 0.25) is 0 Å². The fourth-order valence-electron chi connectivity index (χ4n) is 2.43. The molecule has 3 aromatic rings. The van der Waals surface area contributed by atoms with Crippen LogP contribution in [0, 0.1) is 0 Å². The highest BCUT2D eigenvalue weighted by atomic mass is 16.7. The van der Waals surface area contributed by atoms with Crippen molar-refractivity contribution in [2.45, 2.75) is 0 Å². The van der Waals surface area contributed by atoms with Gasteiger partial charge in [0.1, 0.15) is 0 Å². The Morgan fingerprint density at radius 3 is 2.50 bits per heavy atom. The van der Waals surface area contributed by atoms with Gasteiger partial charge in [0.2, 0.25) is 6.79 Å². The third kappa shape index (κ3) is 1.66. The smallest absolute Gasteiger partial charge is 0.256 e. The van der Waals surface area contributed by atoms with Gasteiger partial charge in [0, 0.05) is 17.0 Å². The number of pyridine rings is 1. The largest absolute Gasteiger partial charge is 0.454 e. The molecule has 4 rings (SSSR count). The molecular weight excluding hydrogens is 254 g/mol. The van der Waals surface area contributed by atoms with Gasteiger partial charge in [-0.05, 0) is 17.7 Å². The zero-order chi connectivity index (χ0) is 13.5. The van der Waals surface area contributed by atoms with E-state index < -0.39 is 0 Å². The summed E-state index contributed by atoms with van der Waals surface area (Å²) in [5.74, 6) is 1.38. The van der Waals surface area contributed by atoms with Gasteiger partial charge in [-0.15, -0.1) is 0 Å². The van der Waals surface area contributed by atoms with E-state index in [-0.39, 0.29) is 12.4 Å². The fraction of sp³-hybridized carbons (Fsp3) is 0.0625. The Labute approximate surface area is 114 Å². The van der Waals surface area contributed by atoms with Crippen molar-refractivity contribution in [2.24, 2.45) is 0 Å². The van der Waals surface area contributed by atoms with Gasteiger partial charge in [-0.2, -0.15) is 0 Å². The van der Waals surface area contributed by atoms with E-state index in [4.69, 9.17) is 9.47 Å². The average molecular weight is 265 g/mol. The minimum atomic E-state index is -0.109. The van der Waals surface area contributed by atoms with E-state index in [2.05, 4.69) is 4.98 Å². The fourth-order valence-corrected chi connectivity index (χ4v) is 2.43. The molecule has 0 saturated heterocycles. The molecule has 0 radical (unpaired) electrons. The van der Waals surface area contributed by atoms with Gasteiger partial charge < -0.3 is 14.5 Å². The Hall–Kier alpha value is -2.75. The van der Waals surface area contributed by atoms with Crippen LogP contribution < -0.4 is 15.0 Å². The van der Waals surface area contributed by atoms with Gasteiger partial charge in [0.15, 0.2) is 11.5 Å². The van der Waals surface area contributed by atoms with Crippen molar-refractivity contribution in [1.29, 1.82) is 0 Å². The average Bonchev–Trinajstić information content (AvgIpc) is 2.92. The Bertz CT molecular complexity index is 853. The van der Waals surface area contributed by atoms with Crippen molar-refractivity contribution in [3.05, 3.63) is 58.9 Å². The maximum absolute atomic E-state index is 12.2. The first-order chi connectivity index (χ1) is 9.81. The summed E-state index contributed by atoms with van der Waals surface area (Å²) in [6, 6.07) is 15.2. The van der Waals surface area contributed by atoms with E-state index >= 15 is 0 Å². The summed E-state index contributed by atoms with van der Waals surface area (Å²) < 4.78 is 10.7. The van der Waals surface area contributed by atoms with Gasteiger partial charge in [-0.1, -0.05) is 30.3 Å². The van der Waals surface area contributed by atoms with Crippen molar-refractivity contribution < 1.29 is 9.47 Å². The topological polar surface area (TPSA) is 51.3 Å². The summed E-state index contributed by atoms with van der Waals surface area (Å²) in [6.45, 7) is 0.224. The van der Waals surface area contributed by atoms with Gasteiger partial charge >= 0.3 is 0 Å². The zero-order valence-corrected chi connectivity index (χ0v) is 10.6. The molecule has 0 aliphatic carbocycles.